The summed E-state index contributed by atoms with van der Waals surface area (Å²) in [7, 11) is 2.98. The van der Waals surface area contributed by atoms with E-state index in [-0.39, 0.29) is 29.4 Å². The number of nitrogens with one attached hydrogen (secondary N) is 1. The summed E-state index contributed by atoms with van der Waals surface area (Å²) < 4.78 is 53.3. The number of nitrogens with zero attached hydrogens (tertiary/aromatic N) is 6. The summed E-state index contributed by atoms with van der Waals surface area (Å²) in [6, 6.07) is 24.7. The number of piperazine rings is 2. The molecule has 2 aliphatic heterocycles. The highest BCUT2D eigenvalue weighted by Gasteiger charge is 2.42. The summed E-state index contributed by atoms with van der Waals surface area (Å²) in [4.78, 5) is 4.98. The number of methoxy groups -OCH3 is 2. The molecule has 2 fully saturated rings. The average Bonchev–Trinajstić information content (AvgIpc) is 3.53. The fourth-order valence-corrected chi connectivity index (χ4v) is 6.59. The van der Waals surface area contributed by atoms with E-state index in [1.54, 1.807) is 13.2 Å². The summed E-state index contributed by atoms with van der Waals surface area (Å²) in [5.74, 6) is -0.347. The Labute approximate surface area is 248 Å². The molecule has 2 atom stereocenters. The standard InChI is InChI=1S/C31H34F3N7O2/c1-42-27-14-13-25(41-30(31(32,33)34)36-37-38-41)29(43-2)24(27)19-39-18-23-17-35-15-16-40(23)26(20-39)28(21-9-5-3-6-10-21)22-11-7-4-8-12-22/h3-14,23,26,28,35H,15-20H2,1-2H3. The molecule has 1 aromatic heterocycles. The van der Waals surface area contributed by atoms with Crippen molar-refractivity contribution >= 4 is 0 Å². The predicted molar refractivity (Wildman–Crippen MR) is 154 cm³/mol. The Hall–Kier alpha value is -4.00. The van der Waals surface area contributed by atoms with Crippen LogP contribution in [0.25, 0.3) is 5.69 Å². The topological polar surface area (TPSA) is 80.6 Å². The minimum absolute atomic E-state index is 0.0941. The van der Waals surface area contributed by atoms with Gasteiger partial charge in [0, 0.05) is 57.3 Å². The number of halogens is 3. The minimum atomic E-state index is -4.74. The van der Waals surface area contributed by atoms with E-state index >= 15 is 0 Å². The fraction of sp³-hybridized carbons (Fsp3) is 0.387. The number of benzene rings is 3. The number of tetrazole rings is 1. The number of ether oxygens (including phenoxy) is 2. The molecule has 4 aromatic rings. The molecule has 2 saturated heterocycles. The first-order valence-corrected chi connectivity index (χ1v) is 14.3. The molecule has 226 valence electrons. The second-order valence-corrected chi connectivity index (χ2v) is 10.9. The van der Waals surface area contributed by atoms with Crippen LogP contribution in [0.3, 0.4) is 0 Å². The molecule has 12 heteroatoms. The number of alkyl halides is 3. The van der Waals surface area contributed by atoms with Gasteiger partial charge in [0.25, 0.3) is 5.82 Å². The molecule has 1 N–H and O–H groups in total. The summed E-state index contributed by atoms with van der Waals surface area (Å²) in [6.07, 6.45) is -4.74. The molecular weight excluding hydrogens is 559 g/mol. The normalized spacial score (nSPS) is 19.8. The van der Waals surface area contributed by atoms with E-state index in [0.717, 1.165) is 32.7 Å². The number of fused-ring (bicyclic) bond motifs is 1. The van der Waals surface area contributed by atoms with Crippen LogP contribution in [0, 0.1) is 0 Å². The van der Waals surface area contributed by atoms with Crippen molar-refractivity contribution < 1.29 is 22.6 Å². The molecule has 2 aliphatic rings. The largest absolute Gasteiger partial charge is 0.496 e. The Kier molecular flexibility index (Phi) is 8.33. The van der Waals surface area contributed by atoms with Crippen molar-refractivity contribution in [1.29, 1.82) is 0 Å². The predicted octanol–water partition coefficient (Wildman–Crippen LogP) is 3.99. The van der Waals surface area contributed by atoms with E-state index < -0.39 is 12.0 Å². The lowest BCUT2D eigenvalue weighted by atomic mass is 9.81. The van der Waals surface area contributed by atoms with Gasteiger partial charge < -0.3 is 14.8 Å². The van der Waals surface area contributed by atoms with E-state index in [2.05, 4.69) is 79.2 Å². The zero-order valence-electron chi connectivity index (χ0n) is 24.0. The molecule has 9 nitrogen and oxygen atoms in total. The van der Waals surface area contributed by atoms with Gasteiger partial charge in [-0.25, -0.2) is 0 Å². The Balaban J connectivity index is 1.40. The van der Waals surface area contributed by atoms with Gasteiger partial charge in [-0.3, -0.25) is 9.80 Å². The van der Waals surface area contributed by atoms with Crippen molar-refractivity contribution in [3.05, 3.63) is 95.3 Å². The summed E-state index contributed by atoms with van der Waals surface area (Å²) in [5, 5.41) is 13.7. The van der Waals surface area contributed by atoms with Gasteiger partial charge in [0.1, 0.15) is 11.4 Å². The summed E-state index contributed by atoms with van der Waals surface area (Å²) in [5.41, 5.74) is 3.22. The Morgan fingerprint density at radius 2 is 1.63 bits per heavy atom. The molecule has 0 saturated carbocycles. The first-order valence-electron chi connectivity index (χ1n) is 14.3. The molecule has 3 heterocycles. The van der Waals surface area contributed by atoms with Crippen LogP contribution in [0.1, 0.15) is 28.4 Å². The maximum absolute atomic E-state index is 13.7. The SMILES string of the molecule is COc1ccc(-n2nnnc2C(F)(F)F)c(OC)c1CN1CC2CNCCN2C(C(c2ccccc2)c2ccccc2)C1. The quantitative estimate of drug-likeness (QED) is 0.329. The highest BCUT2D eigenvalue weighted by atomic mass is 19.4. The minimum Gasteiger partial charge on any atom is -0.496 e. The first kappa shape index (κ1) is 29.1. The Morgan fingerprint density at radius 3 is 2.26 bits per heavy atom. The van der Waals surface area contributed by atoms with Crippen LogP contribution < -0.4 is 14.8 Å². The smallest absolute Gasteiger partial charge is 0.453 e. The summed E-state index contributed by atoms with van der Waals surface area (Å²) in [6.45, 7) is 4.61. The van der Waals surface area contributed by atoms with Crippen molar-refractivity contribution in [2.24, 2.45) is 0 Å². The van der Waals surface area contributed by atoms with Gasteiger partial charge in [-0.15, -0.1) is 5.10 Å². The van der Waals surface area contributed by atoms with Crippen molar-refractivity contribution in [1.82, 2.24) is 35.3 Å². The fourth-order valence-electron chi connectivity index (χ4n) is 6.59. The van der Waals surface area contributed by atoms with Crippen LogP contribution in [0.15, 0.2) is 72.8 Å². The van der Waals surface area contributed by atoms with Gasteiger partial charge in [-0.1, -0.05) is 60.7 Å². The van der Waals surface area contributed by atoms with Crippen molar-refractivity contribution in [3.8, 4) is 17.2 Å². The number of rotatable bonds is 8. The molecular formula is C31H34F3N7O2. The third kappa shape index (κ3) is 5.82. The Morgan fingerprint density at radius 1 is 0.930 bits per heavy atom. The zero-order valence-corrected chi connectivity index (χ0v) is 24.0. The second kappa shape index (κ2) is 12.3. The summed E-state index contributed by atoms with van der Waals surface area (Å²) >= 11 is 0. The third-order valence-electron chi connectivity index (χ3n) is 8.39. The lowest BCUT2D eigenvalue weighted by Crippen LogP contribution is -2.66. The lowest BCUT2D eigenvalue weighted by Gasteiger charge is -2.52. The molecule has 0 spiro atoms. The number of hydrogen-bond donors (Lipinski definition) is 1. The molecule has 0 bridgehead atoms. The third-order valence-corrected chi connectivity index (χ3v) is 8.39. The molecule has 3 aromatic carbocycles. The first-order chi connectivity index (χ1) is 20.9. The van der Waals surface area contributed by atoms with Crippen LogP contribution in [0.4, 0.5) is 13.2 Å². The van der Waals surface area contributed by atoms with Crippen LogP contribution in [-0.4, -0.2) is 89.0 Å². The van der Waals surface area contributed by atoms with E-state index in [9.17, 15) is 13.2 Å². The monoisotopic (exact) mass is 593 g/mol. The molecule has 0 radical (unpaired) electrons. The highest BCUT2D eigenvalue weighted by molar-refractivity contribution is 5.58. The zero-order chi connectivity index (χ0) is 30.0. The molecule has 2 unspecified atom stereocenters. The molecule has 6 rings (SSSR count). The molecule has 0 aliphatic carbocycles. The van der Waals surface area contributed by atoms with E-state index in [4.69, 9.17) is 9.47 Å². The van der Waals surface area contributed by atoms with Crippen LogP contribution >= 0.6 is 0 Å². The van der Waals surface area contributed by atoms with Crippen LogP contribution in [-0.2, 0) is 12.7 Å². The van der Waals surface area contributed by atoms with Gasteiger partial charge in [0.05, 0.1) is 19.8 Å². The average molecular weight is 594 g/mol. The number of aromatic nitrogens is 4. The molecule has 43 heavy (non-hydrogen) atoms. The van der Waals surface area contributed by atoms with Gasteiger partial charge in [0.2, 0.25) is 0 Å². The second-order valence-electron chi connectivity index (χ2n) is 10.9. The Bertz CT molecular complexity index is 1480. The molecule has 0 amide bonds. The van der Waals surface area contributed by atoms with Crippen molar-refractivity contribution in [2.75, 3.05) is 46.9 Å². The van der Waals surface area contributed by atoms with E-state index in [0.29, 0.717) is 22.5 Å². The van der Waals surface area contributed by atoms with Crippen LogP contribution in [0.2, 0.25) is 0 Å². The maximum Gasteiger partial charge on any atom is 0.453 e. The highest BCUT2D eigenvalue weighted by Crippen LogP contribution is 2.40. The van der Waals surface area contributed by atoms with Gasteiger partial charge in [-0.05, 0) is 33.7 Å². The van der Waals surface area contributed by atoms with E-state index in [1.807, 2.05) is 12.1 Å². The lowest BCUT2D eigenvalue weighted by molar-refractivity contribution is -0.146. The van der Waals surface area contributed by atoms with Gasteiger partial charge in [-0.2, -0.15) is 17.9 Å². The van der Waals surface area contributed by atoms with Crippen molar-refractivity contribution in [3.63, 3.8) is 0 Å². The maximum atomic E-state index is 13.7. The van der Waals surface area contributed by atoms with Gasteiger partial charge >= 0.3 is 6.18 Å². The van der Waals surface area contributed by atoms with Crippen molar-refractivity contribution in [2.45, 2.75) is 30.7 Å². The van der Waals surface area contributed by atoms with Crippen LogP contribution in [0.5, 0.6) is 11.5 Å². The number of hydrogen-bond acceptors (Lipinski definition) is 8. The van der Waals surface area contributed by atoms with E-state index in [1.165, 1.54) is 24.3 Å². The van der Waals surface area contributed by atoms with Gasteiger partial charge in [0.15, 0.2) is 5.75 Å².